The summed E-state index contributed by atoms with van der Waals surface area (Å²) in [6, 6.07) is 11.0. The summed E-state index contributed by atoms with van der Waals surface area (Å²) in [5, 5.41) is 8.82. The van der Waals surface area contributed by atoms with Crippen molar-refractivity contribution < 1.29 is 19.4 Å². The number of hydrogen-bond donors (Lipinski definition) is 1. The fourth-order valence-electron chi connectivity index (χ4n) is 2.86. The van der Waals surface area contributed by atoms with E-state index in [-0.39, 0.29) is 5.56 Å². The zero-order valence-electron chi connectivity index (χ0n) is 14.5. The fourth-order valence-corrected chi connectivity index (χ4v) is 4.63. The zero-order valence-corrected chi connectivity index (χ0v) is 17.5. The molecule has 4 rings (SSSR count). The molecule has 0 aliphatic heterocycles. The molecule has 0 radical (unpaired) electrons. The van der Waals surface area contributed by atoms with Crippen molar-refractivity contribution in [3.8, 4) is 11.5 Å². The second-order valence-electron chi connectivity index (χ2n) is 5.85. The van der Waals surface area contributed by atoms with Gasteiger partial charge in [0.25, 0.3) is 5.56 Å². The van der Waals surface area contributed by atoms with Crippen LogP contribution in [0.15, 0.2) is 41.2 Å². The Balaban J connectivity index is 1.82. The maximum atomic E-state index is 12.9. The van der Waals surface area contributed by atoms with Crippen LogP contribution in [0.1, 0.15) is 5.56 Å². The number of ether oxygens (including phenoxy) is 2. The van der Waals surface area contributed by atoms with Gasteiger partial charge in [0.05, 0.1) is 26.2 Å². The largest absolute Gasteiger partial charge is 0.493 e. The summed E-state index contributed by atoms with van der Waals surface area (Å²) >= 11 is 3.36. The summed E-state index contributed by atoms with van der Waals surface area (Å²) in [6.45, 7) is -0.463. The molecule has 0 atom stereocenters. The Hall–Kier alpha value is -2.66. The molecule has 0 unspecified atom stereocenters. The molecule has 2 aromatic heterocycles. The Labute approximate surface area is 176 Å². The Morgan fingerprint density at radius 3 is 2.89 bits per heavy atom. The van der Waals surface area contributed by atoms with Crippen LogP contribution in [0.4, 0.5) is 0 Å². The summed E-state index contributed by atoms with van der Waals surface area (Å²) in [6.07, 6.45) is 1.77. The number of carboxylic acids is 1. The van der Waals surface area contributed by atoms with E-state index in [1.54, 1.807) is 22.6 Å². The van der Waals surface area contributed by atoms with Crippen molar-refractivity contribution in [2.45, 2.75) is 0 Å². The number of aromatic nitrogens is 2. The van der Waals surface area contributed by atoms with Crippen molar-refractivity contribution in [3.05, 3.63) is 60.4 Å². The van der Waals surface area contributed by atoms with Crippen LogP contribution >= 0.6 is 33.9 Å². The third-order valence-electron chi connectivity index (χ3n) is 4.03. The van der Waals surface area contributed by atoms with E-state index >= 15 is 0 Å². The lowest BCUT2D eigenvalue weighted by atomic mass is 10.2. The number of hydrogen-bond acceptors (Lipinski definition) is 6. The van der Waals surface area contributed by atoms with Gasteiger partial charge in [0.15, 0.2) is 23.1 Å². The van der Waals surface area contributed by atoms with Crippen LogP contribution in [0.3, 0.4) is 0 Å². The molecule has 0 aliphatic carbocycles. The van der Waals surface area contributed by atoms with E-state index in [2.05, 4.69) is 4.98 Å². The highest BCUT2D eigenvalue weighted by molar-refractivity contribution is 14.1. The minimum atomic E-state index is -1.07. The molecule has 2 heterocycles. The molecule has 0 spiro atoms. The summed E-state index contributed by atoms with van der Waals surface area (Å²) < 4.78 is 13.5. The quantitative estimate of drug-likeness (QED) is 0.417. The van der Waals surface area contributed by atoms with E-state index in [4.69, 9.17) is 14.6 Å². The Kier molecular flexibility index (Phi) is 4.94. The van der Waals surface area contributed by atoms with Gasteiger partial charge in [-0.05, 0) is 58.5 Å². The first kappa shape index (κ1) is 18.7. The zero-order chi connectivity index (χ0) is 19.8. The average Bonchev–Trinajstić information content (AvgIpc) is 3.16. The lowest BCUT2D eigenvalue weighted by Gasteiger charge is -2.12. The predicted octanol–water partition coefficient (Wildman–Crippen LogP) is 2.53. The van der Waals surface area contributed by atoms with Crippen LogP contribution in [0.25, 0.3) is 22.1 Å². The Morgan fingerprint density at radius 2 is 2.14 bits per heavy atom. The van der Waals surface area contributed by atoms with E-state index in [0.717, 1.165) is 16.6 Å². The summed E-state index contributed by atoms with van der Waals surface area (Å²) in [5.41, 5.74) is 2.18. The second kappa shape index (κ2) is 7.40. The number of carbonyl (C=O) groups is 1. The van der Waals surface area contributed by atoms with Crippen LogP contribution in [0.2, 0.25) is 0 Å². The maximum Gasteiger partial charge on any atom is 0.341 e. The molecule has 4 aromatic rings. The van der Waals surface area contributed by atoms with E-state index in [1.807, 2.05) is 46.9 Å². The van der Waals surface area contributed by atoms with Crippen molar-refractivity contribution >= 4 is 62.0 Å². The van der Waals surface area contributed by atoms with E-state index in [1.165, 1.54) is 18.4 Å². The van der Waals surface area contributed by atoms with E-state index in [9.17, 15) is 9.59 Å². The molecule has 1 N–H and O–H groups in total. The molecule has 0 bridgehead atoms. The minimum absolute atomic E-state index is 0.131. The topological polar surface area (TPSA) is 90.1 Å². The van der Waals surface area contributed by atoms with Gasteiger partial charge in [0.2, 0.25) is 0 Å². The first-order valence-corrected chi connectivity index (χ1v) is 10.0. The van der Waals surface area contributed by atoms with Crippen LogP contribution in [-0.2, 0) is 4.79 Å². The number of para-hydroxylation sites is 2. The first-order valence-electron chi connectivity index (χ1n) is 8.12. The molecular weight excluding hydrogens is 495 g/mol. The van der Waals surface area contributed by atoms with Gasteiger partial charge in [0.1, 0.15) is 0 Å². The summed E-state index contributed by atoms with van der Waals surface area (Å²) in [5.74, 6) is -0.311. The van der Waals surface area contributed by atoms with Gasteiger partial charge in [-0.2, -0.15) is 0 Å². The highest BCUT2D eigenvalue weighted by Gasteiger charge is 2.14. The van der Waals surface area contributed by atoms with Gasteiger partial charge >= 0.3 is 5.97 Å². The highest BCUT2D eigenvalue weighted by Crippen LogP contribution is 2.34. The van der Waals surface area contributed by atoms with Gasteiger partial charge in [0, 0.05) is 0 Å². The molecule has 0 saturated heterocycles. The third-order valence-corrected chi connectivity index (χ3v) is 5.80. The lowest BCUT2D eigenvalue weighted by molar-refractivity contribution is -0.139. The predicted molar refractivity (Wildman–Crippen MR) is 114 cm³/mol. The number of carboxylic acid groups (broad SMARTS) is 1. The number of aliphatic carboxylic acids is 1. The SMILES string of the molecule is COc1cc(/C=c2\sc3nc4ccccc4n3c2=O)cc(I)c1OCC(=O)O. The molecule has 0 amide bonds. The molecular formula is C19H13IN2O5S. The summed E-state index contributed by atoms with van der Waals surface area (Å²) in [4.78, 5) is 28.8. The van der Waals surface area contributed by atoms with Gasteiger partial charge in [-0.15, -0.1) is 0 Å². The fraction of sp³-hybridized carbons (Fsp3) is 0.105. The van der Waals surface area contributed by atoms with Gasteiger partial charge in [-0.25, -0.2) is 14.2 Å². The normalized spacial score (nSPS) is 12.0. The molecule has 2 aromatic carbocycles. The maximum absolute atomic E-state index is 12.9. The highest BCUT2D eigenvalue weighted by atomic mass is 127. The van der Waals surface area contributed by atoms with Crippen molar-refractivity contribution in [2.75, 3.05) is 13.7 Å². The number of methoxy groups -OCH3 is 1. The third kappa shape index (κ3) is 3.31. The van der Waals surface area contributed by atoms with Crippen LogP contribution < -0.4 is 19.6 Å². The molecule has 0 saturated carbocycles. The number of rotatable bonds is 5. The van der Waals surface area contributed by atoms with Gasteiger partial charge in [-0.3, -0.25) is 4.79 Å². The number of benzene rings is 2. The Morgan fingerprint density at radius 1 is 1.36 bits per heavy atom. The van der Waals surface area contributed by atoms with Gasteiger partial charge < -0.3 is 14.6 Å². The van der Waals surface area contributed by atoms with E-state index in [0.29, 0.717) is 24.6 Å². The standard InChI is InChI=1S/C19H13IN2O5S/c1-26-14-7-10(6-11(20)17(14)27-9-16(23)24)8-15-18(25)22-13-5-3-2-4-12(13)21-19(22)28-15/h2-8H,9H2,1H3,(H,23,24)/b15-8-. The molecule has 0 aliphatic rings. The average molecular weight is 508 g/mol. The van der Waals surface area contributed by atoms with Gasteiger partial charge in [-0.1, -0.05) is 23.5 Å². The van der Waals surface area contributed by atoms with Crippen LogP contribution in [-0.4, -0.2) is 34.2 Å². The molecule has 7 nitrogen and oxygen atoms in total. The summed E-state index contributed by atoms with van der Waals surface area (Å²) in [7, 11) is 1.48. The number of nitrogens with zero attached hydrogens (tertiary/aromatic N) is 2. The van der Waals surface area contributed by atoms with Crippen molar-refractivity contribution in [3.63, 3.8) is 0 Å². The first-order chi connectivity index (χ1) is 13.5. The molecule has 9 heteroatoms. The number of thiazole rings is 1. The Bertz CT molecular complexity index is 1330. The monoisotopic (exact) mass is 508 g/mol. The number of halogens is 1. The number of fused-ring (bicyclic) bond motifs is 3. The molecule has 142 valence electrons. The van der Waals surface area contributed by atoms with Crippen LogP contribution in [0, 0.1) is 3.57 Å². The lowest BCUT2D eigenvalue weighted by Crippen LogP contribution is -2.22. The van der Waals surface area contributed by atoms with Crippen molar-refractivity contribution in [2.24, 2.45) is 0 Å². The van der Waals surface area contributed by atoms with Crippen molar-refractivity contribution in [1.29, 1.82) is 0 Å². The molecule has 28 heavy (non-hydrogen) atoms. The minimum Gasteiger partial charge on any atom is -0.493 e. The van der Waals surface area contributed by atoms with E-state index < -0.39 is 12.6 Å². The van der Waals surface area contributed by atoms with Crippen LogP contribution in [0.5, 0.6) is 11.5 Å². The smallest absolute Gasteiger partial charge is 0.341 e. The number of imidazole rings is 1. The van der Waals surface area contributed by atoms with Crippen molar-refractivity contribution in [1.82, 2.24) is 9.38 Å². The second-order valence-corrected chi connectivity index (χ2v) is 8.02. The molecule has 0 fully saturated rings.